The molecule has 0 heterocycles. The fourth-order valence-corrected chi connectivity index (χ4v) is 4.24. The van der Waals surface area contributed by atoms with Crippen molar-refractivity contribution in [2.24, 2.45) is 11.8 Å². The SMILES string of the molecule is CC1CCCCC1CNS(=O)(=O)c1cc(N)c(Br)cc1F. The van der Waals surface area contributed by atoms with Crippen LogP contribution in [0.1, 0.15) is 32.6 Å². The van der Waals surface area contributed by atoms with Crippen molar-refractivity contribution in [3.05, 3.63) is 22.4 Å². The molecule has 0 amide bonds. The van der Waals surface area contributed by atoms with E-state index in [2.05, 4.69) is 27.6 Å². The van der Waals surface area contributed by atoms with Gasteiger partial charge < -0.3 is 5.73 Å². The van der Waals surface area contributed by atoms with Crippen molar-refractivity contribution < 1.29 is 12.8 Å². The lowest BCUT2D eigenvalue weighted by Crippen LogP contribution is -2.33. The first-order valence-electron chi connectivity index (χ1n) is 7.05. The first kappa shape index (κ1) is 16.7. The fraction of sp³-hybridized carbons (Fsp3) is 0.571. The summed E-state index contributed by atoms with van der Waals surface area (Å²) in [5.74, 6) is -0.00840. The Labute approximate surface area is 133 Å². The number of rotatable bonds is 4. The Bertz CT molecular complexity index is 622. The van der Waals surface area contributed by atoms with E-state index >= 15 is 0 Å². The van der Waals surface area contributed by atoms with Gasteiger partial charge in [-0.05, 0) is 46.3 Å². The van der Waals surface area contributed by atoms with Crippen LogP contribution in [0.4, 0.5) is 10.1 Å². The second-order valence-corrected chi connectivity index (χ2v) is 8.27. The molecule has 1 aliphatic rings. The Morgan fingerprint density at radius 1 is 1.38 bits per heavy atom. The number of anilines is 1. The van der Waals surface area contributed by atoms with Gasteiger partial charge in [0.25, 0.3) is 0 Å². The molecule has 2 unspecified atom stereocenters. The second-order valence-electron chi connectivity index (χ2n) is 5.68. The zero-order chi connectivity index (χ0) is 15.6. The second kappa shape index (κ2) is 6.62. The Hall–Kier alpha value is -0.660. The average Bonchev–Trinajstić information content (AvgIpc) is 2.42. The largest absolute Gasteiger partial charge is 0.398 e. The zero-order valence-electron chi connectivity index (χ0n) is 11.9. The Kier molecular flexibility index (Phi) is 5.27. The molecule has 0 aromatic heterocycles. The number of nitrogens with one attached hydrogen (secondary N) is 1. The molecule has 1 fully saturated rings. The molecule has 0 spiro atoms. The van der Waals surface area contributed by atoms with E-state index in [0.717, 1.165) is 31.4 Å². The molecule has 21 heavy (non-hydrogen) atoms. The summed E-state index contributed by atoms with van der Waals surface area (Å²) in [5.41, 5.74) is 5.84. The summed E-state index contributed by atoms with van der Waals surface area (Å²) in [4.78, 5) is -0.397. The molecule has 1 saturated carbocycles. The van der Waals surface area contributed by atoms with E-state index in [1.165, 1.54) is 6.42 Å². The van der Waals surface area contributed by atoms with Gasteiger partial charge in [0.15, 0.2) is 0 Å². The summed E-state index contributed by atoms with van der Waals surface area (Å²) < 4.78 is 41.2. The van der Waals surface area contributed by atoms with Crippen LogP contribution in [0, 0.1) is 17.7 Å². The van der Waals surface area contributed by atoms with Crippen molar-refractivity contribution in [3.8, 4) is 0 Å². The summed E-state index contributed by atoms with van der Waals surface area (Å²) in [6.45, 7) is 2.48. The van der Waals surface area contributed by atoms with Crippen molar-refractivity contribution in [1.29, 1.82) is 0 Å². The van der Waals surface area contributed by atoms with Gasteiger partial charge in [-0.25, -0.2) is 17.5 Å². The molecule has 0 aliphatic heterocycles. The minimum Gasteiger partial charge on any atom is -0.398 e. The Morgan fingerprint density at radius 2 is 2.05 bits per heavy atom. The standard InChI is InChI=1S/C14H20BrFN2O2S/c1-9-4-2-3-5-10(9)8-18-21(19,20)14-7-13(17)11(15)6-12(14)16/h6-7,9-10,18H,2-5,8,17H2,1H3. The van der Waals surface area contributed by atoms with Crippen molar-refractivity contribution in [2.75, 3.05) is 12.3 Å². The maximum atomic E-state index is 13.9. The third-order valence-electron chi connectivity index (χ3n) is 4.17. The van der Waals surface area contributed by atoms with Gasteiger partial charge in [-0.2, -0.15) is 0 Å². The summed E-state index contributed by atoms with van der Waals surface area (Å²) >= 11 is 3.08. The molecule has 0 radical (unpaired) electrons. The van der Waals surface area contributed by atoms with Gasteiger partial charge in [0.1, 0.15) is 10.7 Å². The lowest BCUT2D eigenvalue weighted by molar-refractivity contribution is 0.257. The van der Waals surface area contributed by atoms with Gasteiger partial charge in [-0.1, -0.05) is 26.2 Å². The minimum atomic E-state index is -3.88. The van der Waals surface area contributed by atoms with Crippen LogP contribution in [0.5, 0.6) is 0 Å². The molecule has 1 aromatic carbocycles. The first-order chi connectivity index (χ1) is 9.81. The normalized spacial score (nSPS) is 23.2. The highest BCUT2D eigenvalue weighted by atomic mass is 79.9. The van der Waals surface area contributed by atoms with E-state index in [1.54, 1.807) is 0 Å². The van der Waals surface area contributed by atoms with Crippen LogP contribution in [-0.2, 0) is 10.0 Å². The van der Waals surface area contributed by atoms with E-state index < -0.39 is 20.7 Å². The predicted octanol–water partition coefficient (Wildman–Crippen LogP) is 3.28. The van der Waals surface area contributed by atoms with Gasteiger partial charge in [0, 0.05) is 16.7 Å². The van der Waals surface area contributed by atoms with Gasteiger partial charge >= 0.3 is 0 Å². The van der Waals surface area contributed by atoms with Crippen molar-refractivity contribution >= 4 is 31.6 Å². The highest BCUT2D eigenvalue weighted by molar-refractivity contribution is 9.10. The monoisotopic (exact) mass is 378 g/mol. The van der Waals surface area contributed by atoms with Gasteiger partial charge in [-0.3, -0.25) is 0 Å². The number of nitrogens with two attached hydrogens (primary N) is 1. The third kappa shape index (κ3) is 3.96. The van der Waals surface area contributed by atoms with Crippen molar-refractivity contribution in [2.45, 2.75) is 37.5 Å². The molecule has 4 nitrogen and oxygen atoms in total. The number of hydrogen-bond acceptors (Lipinski definition) is 3. The number of benzene rings is 1. The highest BCUT2D eigenvalue weighted by Gasteiger charge is 2.25. The van der Waals surface area contributed by atoms with Crippen LogP contribution in [0.2, 0.25) is 0 Å². The van der Waals surface area contributed by atoms with E-state index in [9.17, 15) is 12.8 Å². The molecule has 118 valence electrons. The van der Waals surface area contributed by atoms with Gasteiger partial charge in [0.05, 0.1) is 0 Å². The van der Waals surface area contributed by atoms with Gasteiger partial charge in [0.2, 0.25) is 10.0 Å². The number of halogens is 2. The van der Waals surface area contributed by atoms with E-state index in [0.29, 0.717) is 22.9 Å². The fourth-order valence-electron chi connectivity index (χ4n) is 2.74. The first-order valence-corrected chi connectivity index (χ1v) is 9.33. The maximum Gasteiger partial charge on any atom is 0.243 e. The third-order valence-corrected chi connectivity index (χ3v) is 6.29. The molecular weight excluding hydrogens is 359 g/mol. The number of hydrogen-bond donors (Lipinski definition) is 2. The Morgan fingerprint density at radius 3 is 2.71 bits per heavy atom. The molecule has 2 rings (SSSR count). The van der Waals surface area contributed by atoms with Crippen LogP contribution in [0.15, 0.2) is 21.5 Å². The van der Waals surface area contributed by atoms with Crippen LogP contribution < -0.4 is 10.5 Å². The summed E-state index contributed by atoms with van der Waals surface area (Å²) in [5, 5.41) is 0. The predicted molar refractivity (Wildman–Crippen MR) is 84.8 cm³/mol. The Balaban J connectivity index is 2.13. The van der Waals surface area contributed by atoms with Gasteiger partial charge in [-0.15, -0.1) is 0 Å². The van der Waals surface area contributed by atoms with Crippen LogP contribution in [0.3, 0.4) is 0 Å². The molecule has 2 atom stereocenters. The minimum absolute atomic E-state index is 0.197. The number of nitrogen functional groups attached to an aromatic ring is 1. The number of sulfonamides is 1. The van der Waals surface area contributed by atoms with E-state index in [4.69, 9.17) is 5.73 Å². The quantitative estimate of drug-likeness (QED) is 0.789. The molecule has 0 saturated heterocycles. The van der Waals surface area contributed by atoms with Crippen LogP contribution in [-0.4, -0.2) is 15.0 Å². The molecule has 7 heteroatoms. The van der Waals surface area contributed by atoms with E-state index in [-0.39, 0.29) is 5.69 Å². The summed E-state index contributed by atoms with van der Waals surface area (Å²) in [6.07, 6.45) is 4.44. The molecule has 0 bridgehead atoms. The van der Waals surface area contributed by atoms with E-state index in [1.807, 2.05) is 0 Å². The van der Waals surface area contributed by atoms with Crippen LogP contribution >= 0.6 is 15.9 Å². The van der Waals surface area contributed by atoms with Crippen molar-refractivity contribution in [3.63, 3.8) is 0 Å². The van der Waals surface area contributed by atoms with Crippen molar-refractivity contribution in [1.82, 2.24) is 4.72 Å². The highest BCUT2D eigenvalue weighted by Crippen LogP contribution is 2.30. The summed E-state index contributed by atoms with van der Waals surface area (Å²) in [7, 11) is -3.88. The summed E-state index contributed by atoms with van der Waals surface area (Å²) in [6, 6.07) is 2.22. The smallest absolute Gasteiger partial charge is 0.243 e. The topological polar surface area (TPSA) is 72.2 Å². The molecule has 1 aliphatic carbocycles. The molecule has 3 N–H and O–H groups in total. The zero-order valence-corrected chi connectivity index (χ0v) is 14.3. The van der Waals surface area contributed by atoms with Crippen LogP contribution in [0.25, 0.3) is 0 Å². The molecular formula is C14H20BrFN2O2S. The lowest BCUT2D eigenvalue weighted by atomic mass is 9.81. The maximum absolute atomic E-state index is 13.9. The molecule has 1 aromatic rings. The lowest BCUT2D eigenvalue weighted by Gasteiger charge is -2.28. The average molecular weight is 379 g/mol.